The summed E-state index contributed by atoms with van der Waals surface area (Å²) in [6, 6.07) is 12.9. The molecule has 0 amide bonds. The smallest absolute Gasteiger partial charge is 0.123 e. The van der Waals surface area contributed by atoms with Gasteiger partial charge >= 0.3 is 0 Å². The van der Waals surface area contributed by atoms with E-state index in [1.807, 2.05) is 18.3 Å². The molecule has 36 heavy (non-hydrogen) atoms. The number of H-pyrrole nitrogens is 1. The number of aryl methyl sites for hydroxylation is 1. The van der Waals surface area contributed by atoms with Crippen LogP contribution in [0.3, 0.4) is 0 Å². The second-order valence-corrected chi connectivity index (χ2v) is 10.5. The molecule has 0 unspecified atom stereocenters. The van der Waals surface area contributed by atoms with E-state index in [0.29, 0.717) is 0 Å². The van der Waals surface area contributed by atoms with Crippen LogP contribution in [0.15, 0.2) is 48.7 Å². The van der Waals surface area contributed by atoms with Crippen molar-refractivity contribution in [2.24, 2.45) is 0 Å². The Balaban J connectivity index is 1.01. The lowest BCUT2D eigenvalue weighted by Gasteiger charge is -2.34. The predicted molar refractivity (Wildman–Crippen MR) is 144 cm³/mol. The lowest BCUT2D eigenvalue weighted by molar-refractivity contribution is 0.127. The van der Waals surface area contributed by atoms with Crippen molar-refractivity contribution in [3.63, 3.8) is 0 Å². The van der Waals surface area contributed by atoms with Crippen molar-refractivity contribution in [1.29, 1.82) is 0 Å². The maximum atomic E-state index is 13.3. The van der Waals surface area contributed by atoms with Gasteiger partial charge < -0.3 is 14.5 Å². The van der Waals surface area contributed by atoms with Gasteiger partial charge in [-0.25, -0.2) is 9.37 Å². The normalized spacial score (nSPS) is 15.1. The third kappa shape index (κ3) is 6.30. The molecule has 1 aliphatic rings. The van der Waals surface area contributed by atoms with Gasteiger partial charge in [-0.3, -0.25) is 5.10 Å². The molecule has 0 aliphatic carbocycles. The molecule has 0 saturated carbocycles. The van der Waals surface area contributed by atoms with Crippen LogP contribution in [0.4, 0.5) is 4.39 Å². The van der Waals surface area contributed by atoms with Gasteiger partial charge in [0, 0.05) is 63.0 Å². The summed E-state index contributed by atoms with van der Waals surface area (Å²) in [5.74, 6) is 0.700. The van der Waals surface area contributed by atoms with Gasteiger partial charge in [0.25, 0.3) is 0 Å². The fourth-order valence-corrected chi connectivity index (χ4v) is 5.78. The van der Waals surface area contributed by atoms with E-state index in [-0.39, 0.29) is 5.82 Å². The molecule has 0 radical (unpaired) electrons. The van der Waals surface area contributed by atoms with E-state index >= 15 is 0 Å². The summed E-state index contributed by atoms with van der Waals surface area (Å²) in [6.45, 7) is 9.27. The van der Waals surface area contributed by atoms with E-state index in [4.69, 9.17) is 9.72 Å². The molecule has 4 aromatic rings. The molecular formula is C28H34FN5OS. The van der Waals surface area contributed by atoms with Gasteiger partial charge in [-0.15, -0.1) is 11.3 Å². The van der Waals surface area contributed by atoms with Crippen molar-refractivity contribution in [1.82, 2.24) is 25.0 Å². The van der Waals surface area contributed by atoms with Crippen molar-refractivity contribution in [3.05, 3.63) is 65.2 Å². The van der Waals surface area contributed by atoms with Gasteiger partial charge in [-0.05, 0) is 49.1 Å². The van der Waals surface area contributed by atoms with Crippen LogP contribution >= 0.6 is 11.3 Å². The Kier molecular flexibility index (Phi) is 8.25. The maximum absolute atomic E-state index is 13.3. The molecule has 1 N–H and O–H groups in total. The Morgan fingerprint density at radius 1 is 1.00 bits per heavy atom. The molecule has 190 valence electrons. The van der Waals surface area contributed by atoms with Crippen LogP contribution in [-0.4, -0.2) is 70.9 Å². The van der Waals surface area contributed by atoms with Crippen molar-refractivity contribution in [2.75, 3.05) is 45.9 Å². The molecule has 0 spiro atoms. The highest BCUT2D eigenvalue weighted by Crippen LogP contribution is 2.27. The van der Waals surface area contributed by atoms with E-state index in [2.05, 4.69) is 45.1 Å². The number of thiazole rings is 1. The zero-order valence-electron chi connectivity index (χ0n) is 20.9. The number of aromatic nitrogens is 3. The summed E-state index contributed by atoms with van der Waals surface area (Å²) < 4.78 is 20.5. The standard InChI is InChI=1S/C28H34FN5OS/c1-2-4-28-31-26-19-23(9-10-27(26)36-28)35-18-3-12-33-14-16-34(17-15-33)13-11-25-24(20-30-32-25)21-5-7-22(29)8-6-21/h5-10,19-20H,2-4,11-18H2,1H3,(H,30,32). The monoisotopic (exact) mass is 507 g/mol. The number of piperazine rings is 1. The lowest BCUT2D eigenvalue weighted by Crippen LogP contribution is -2.47. The molecule has 8 heteroatoms. The third-order valence-electron chi connectivity index (χ3n) is 6.77. The Morgan fingerprint density at radius 2 is 1.78 bits per heavy atom. The number of nitrogens with zero attached hydrogens (tertiary/aromatic N) is 4. The highest BCUT2D eigenvalue weighted by Gasteiger charge is 2.17. The Morgan fingerprint density at radius 3 is 2.56 bits per heavy atom. The first-order chi connectivity index (χ1) is 17.7. The van der Waals surface area contributed by atoms with Crippen LogP contribution in [0.1, 0.15) is 30.5 Å². The fourth-order valence-electron chi connectivity index (χ4n) is 4.73. The highest BCUT2D eigenvalue weighted by molar-refractivity contribution is 7.18. The lowest BCUT2D eigenvalue weighted by atomic mass is 10.0. The first-order valence-electron chi connectivity index (χ1n) is 12.9. The molecule has 0 atom stereocenters. The molecule has 1 aliphatic heterocycles. The summed E-state index contributed by atoms with van der Waals surface area (Å²) in [5.41, 5.74) is 4.22. The highest BCUT2D eigenvalue weighted by atomic mass is 32.1. The van der Waals surface area contributed by atoms with Crippen LogP contribution in [0, 0.1) is 5.82 Å². The quantitative estimate of drug-likeness (QED) is 0.275. The van der Waals surface area contributed by atoms with Gasteiger partial charge in [0.15, 0.2) is 0 Å². The summed E-state index contributed by atoms with van der Waals surface area (Å²) in [6.07, 6.45) is 5.93. The minimum Gasteiger partial charge on any atom is -0.493 e. The summed E-state index contributed by atoms with van der Waals surface area (Å²) in [5, 5.41) is 8.57. The SMILES string of the molecule is CCCc1nc2cc(OCCCN3CCN(CCc4[nH]ncc4-c4ccc(F)cc4)CC3)ccc2s1. The van der Waals surface area contributed by atoms with Crippen LogP contribution in [0.5, 0.6) is 5.75 Å². The molecule has 0 bridgehead atoms. The molecular weight excluding hydrogens is 473 g/mol. The number of ether oxygens (including phenoxy) is 1. The van der Waals surface area contributed by atoms with Crippen molar-refractivity contribution >= 4 is 21.6 Å². The number of nitrogens with one attached hydrogen (secondary N) is 1. The van der Waals surface area contributed by atoms with Crippen molar-refractivity contribution < 1.29 is 9.13 Å². The largest absolute Gasteiger partial charge is 0.493 e. The van der Waals surface area contributed by atoms with E-state index in [0.717, 1.165) is 99.6 Å². The average molecular weight is 508 g/mol. The molecule has 2 aromatic heterocycles. The molecule has 3 heterocycles. The summed E-state index contributed by atoms with van der Waals surface area (Å²) in [4.78, 5) is 9.77. The Hall–Kier alpha value is -2.81. The fraction of sp³-hybridized carbons (Fsp3) is 0.429. The number of fused-ring (bicyclic) bond motifs is 1. The Bertz CT molecular complexity index is 1250. The topological polar surface area (TPSA) is 57.3 Å². The predicted octanol–water partition coefficient (Wildman–Crippen LogP) is 5.41. The van der Waals surface area contributed by atoms with Gasteiger partial charge in [0.05, 0.1) is 28.0 Å². The maximum Gasteiger partial charge on any atom is 0.123 e. The number of aromatic amines is 1. The second-order valence-electron chi connectivity index (χ2n) is 9.39. The minimum absolute atomic E-state index is 0.216. The van der Waals surface area contributed by atoms with Gasteiger partial charge in [0.1, 0.15) is 11.6 Å². The van der Waals surface area contributed by atoms with Gasteiger partial charge in [-0.1, -0.05) is 19.1 Å². The van der Waals surface area contributed by atoms with E-state index in [1.54, 1.807) is 11.3 Å². The number of rotatable bonds is 11. The molecule has 5 rings (SSSR count). The summed E-state index contributed by atoms with van der Waals surface area (Å²) in [7, 11) is 0. The van der Waals surface area contributed by atoms with Crippen LogP contribution in [0.25, 0.3) is 21.3 Å². The first-order valence-corrected chi connectivity index (χ1v) is 13.7. The minimum atomic E-state index is -0.216. The van der Waals surface area contributed by atoms with Crippen LogP contribution in [0.2, 0.25) is 0 Å². The van der Waals surface area contributed by atoms with E-state index in [1.165, 1.54) is 21.8 Å². The zero-order chi connectivity index (χ0) is 24.7. The number of hydrogen-bond donors (Lipinski definition) is 1. The number of hydrogen-bond acceptors (Lipinski definition) is 6. The summed E-state index contributed by atoms with van der Waals surface area (Å²) >= 11 is 1.79. The third-order valence-corrected chi connectivity index (χ3v) is 7.87. The van der Waals surface area contributed by atoms with E-state index in [9.17, 15) is 4.39 Å². The van der Waals surface area contributed by atoms with Gasteiger partial charge in [-0.2, -0.15) is 5.10 Å². The van der Waals surface area contributed by atoms with Crippen molar-refractivity contribution in [2.45, 2.75) is 32.6 Å². The molecule has 1 saturated heterocycles. The molecule has 6 nitrogen and oxygen atoms in total. The van der Waals surface area contributed by atoms with Gasteiger partial charge in [0.2, 0.25) is 0 Å². The van der Waals surface area contributed by atoms with Crippen LogP contribution < -0.4 is 4.74 Å². The number of halogens is 1. The van der Waals surface area contributed by atoms with Crippen molar-refractivity contribution in [3.8, 4) is 16.9 Å². The molecule has 1 fully saturated rings. The molecule has 2 aromatic carbocycles. The first kappa shape index (κ1) is 24.9. The van der Waals surface area contributed by atoms with E-state index < -0.39 is 0 Å². The number of benzene rings is 2. The van der Waals surface area contributed by atoms with Crippen LogP contribution in [-0.2, 0) is 12.8 Å². The average Bonchev–Trinajstić information content (AvgIpc) is 3.53. The Labute approximate surface area is 216 Å². The zero-order valence-corrected chi connectivity index (χ0v) is 21.7. The second kappa shape index (κ2) is 12.0.